The van der Waals surface area contributed by atoms with E-state index in [0.717, 1.165) is 5.69 Å². The Morgan fingerprint density at radius 3 is 2.09 bits per heavy atom. The third-order valence-electron chi connectivity index (χ3n) is 1.23. The number of benzene rings is 1. The van der Waals surface area contributed by atoms with Crippen molar-refractivity contribution in [2.24, 2.45) is 5.84 Å². The highest BCUT2D eigenvalue weighted by molar-refractivity contribution is 5.85. The summed E-state index contributed by atoms with van der Waals surface area (Å²) in [7, 11) is 1.70. The second kappa shape index (κ2) is 4.16. The average Bonchev–Trinajstić information content (AvgIpc) is 1.88. The molecule has 0 unspecified atom stereocenters. The highest BCUT2D eigenvalue weighted by Crippen LogP contribution is 2.09. The third kappa shape index (κ3) is 2.74. The molecule has 11 heavy (non-hydrogen) atoms. The minimum atomic E-state index is -0.245. The number of nitrogens with zero attached hydrogens (tertiary/aromatic N) is 1. The molecule has 0 aliphatic carbocycles. The maximum absolute atomic E-state index is 12.3. The van der Waals surface area contributed by atoms with Crippen molar-refractivity contribution >= 4 is 18.1 Å². The molecule has 0 bridgehead atoms. The highest BCUT2D eigenvalue weighted by Gasteiger charge is 1.93. The first-order valence-electron chi connectivity index (χ1n) is 2.94. The van der Waals surface area contributed by atoms with Crippen LogP contribution in [-0.4, -0.2) is 7.05 Å². The molecule has 0 fully saturated rings. The predicted octanol–water partition coefficient (Wildman–Crippen LogP) is 1.56. The van der Waals surface area contributed by atoms with Gasteiger partial charge in [0.05, 0.1) is 5.69 Å². The summed E-state index contributed by atoms with van der Waals surface area (Å²) in [6.07, 6.45) is 0. The molecule has 0 radical (unpaired) electrons. The van der Waals surface area contributed by atoms with Crippen LogP contribution in [0, 0.1) is 5.82 Å². The van der Waals surface area contributed by atoms with Crippen LogP contribution in [0.1, 0.15) is 0 Å². The topological polar surface area (TPSA) is 29.3 Å². The second-order valence-corrected chi connectivity index (χ2v) is 2.09. The molecular weight excluding hydrogens is 167 g/mol. The van der Waals surface area contributed by atoms with Gasteiger partial charge in [0.25, 0.3) is 0 Å². The maximum atomic E-state index is 12.3. The summed E-state index contributed by atoms with van der Waals surface area (Å²) in [4.78, 5) is 0. The molecule has 0 atom stereocenters. The molecule has 0 spiro atoms. The number of halogens is 2. The van der Waals surface area contributed by atoms with Gasteiger partial charge in [0.15, 0.2) is 0 Å². The van der Waals surface area contributed by atoms with Gasteiger partial charge in [-0.1, -0.05) is 0 Å². The van der Waals surface area contributed by atoms with E-state index in [0.29, 0.717) is 0 Å². The third-order valence-corrected chi connectivity index (χ3v) is 1.23. The van der Waals surface area contributed by atoms with E-state index >= 15 is 0 Å². The van der Waals surface area contributed by atoms with Gasteiger partial charge >= 0.3 is 0 Å². The molecule has 0 amide bonds. The van der Waals surface area contributed by atoms with Crippen LogP contribution in [0.25, 0.3) is 0 Å². The van der Waals surface area contributed by atoms with Crippen LogP contribution in [-0.2, 0) is 0 Å². The van der Waals surface area contributed by atoms with Crippen LogP contribution in [0.5, 0.6) is 0 Å². The Hall–Kier alpha value is -0.800. The lowest BCUT2D eigenvalue weighted by molar-refractivity contribution is 0.627. The van der Waals surface area contributed by atoms with Crippen LogP contribution in [0.2, 0.25) is 0 Å². The molecule has 2 N–H and O–H groups in total. The Morgan fingerprint density at radius 1 is 1.27 bits per heavy atom. The lowest BCUT2D eigenvalue weighted by Crippen LogP contribution is -2.24. The van der Waals surface area contributed by atoms with Gasteiger partial charge in [0, 0.05) is 7.05 Å². The number of hydrogen-bond acceptors (Lipinski definition) is 2. The Morgan fingerprint density at radius 2 is 1.73 bits per heavy atom. The first-order valence-corrected chi connectivity index (χ1v) is 2.94. The fourth-order valence-electron chi connectivity index (χ4n) is 0.676. The monoisotopic (exact) mass is 176 g/mol. The Kier molecular flexibility index (Phi) is 3.85. The van der Waals surface area contributed by atoms with Crippen molar-refractivity contribution in [2.45, 2.75) is 0 Å². The molecule has 62 valence electrons. The van der Waals surface area contributed by atoms with Gasteiger partial charge in [-0.15, -0.1) is 12.4 Å². The van der Waals surface area contributed by atoms with E-state index in [4.69, 9.17) is 5.84 Å². The van der Waals surface area contributed by atoms with Gasteiger partial charge in [0.1, 0.15) is 5.82 Å². The van der Waals surface area contributed by atoms with Crippen molar-refractivity contribution in [2.75, 3.05) is 12.1 Å². The van der Waals surface area contributed by atoms with E-state index in [2.05, 4.69) is 0 Å². The van der Waals surface area contributed by atoms with Crippen molar-refractivity contribution in [3.8, 4) is 0 Å². The Labute approximate surface area is 71.2 Å². The fourth-order valence-corrected chi connectivity index (χ4v) is 0.676. The summed E-state index contributed by atoms with van der Waals surface area (Å²) in [6, 6.07) is 5.99. The van der Waals surface area contributed by atoms with E-state index in [1.54, 1.807) is 19.2 Å². The van der Waals surface area contributed by atoms with E-state index in [1.165, 1.54) is 17.1 Å². The van der Waals surface area contributed by atoms with E-state index in [-0.39, 0.29) is 18.2 Å². The number of hydrazine groups is 1. The van der Waals surface area contributed by atoms with Gasteiger partial charge in [-0.25, -0.2) is 10.2 Å². The molecule has 0 saturated heterocycles. The summed E-state index contributed by atoms with van der Waals surface area (Å²) in [5.74, 6) is 5.13. The minimum Gasteiger partial charge on any atom is -0.314 e. The molecule has 0 heterocycles. The largest absolute Gasteiger partial charge is 0.314 e. The van der Waals surface area contributed by atoms with Crippen LogP contribution in [0.3, 0.4) is 0 Å². The van der Waals surface area contributed by atoms with Crippen molar-refractivity contribution in [1.82, 2.24) is 0 Å². The van der Waals surface area contributed by atoms with Gasteiger partial charge < -0.3 is 5.01 Å². The summed E-state index contributed by atoms with van der Waals surface area (Å²) in [6.45, 7) is 0. The van der Waals surface area contributed by atoms with Crippen molar-refractivity contribution in [3.63, 3.8) is 0 Å². The molecule has 1 aromatic carbocycles. The van der Waals surface area contributed by atoms with Gasteiger partial charge in [-0.2, -0.15) is 0 Å². The van der Waals surface area contributed by atoms with E-state index in [1.807, 2.05) is 0 Å². The van der Waals surface area contributed by atoms with Gasteiger partial charge in [0.2, 0.25) is 0 Å². The Bertz CT molecular complexity index is 210. The molecular formula is C7H10ClFN2. The van der Waals surface area contributed by atoms with Crippen molar-refractivity contribution in [1.29, 1.82) is 0 Å². The molecule has 0 aliphatic rings. The first kappa shape index (κ1) is 10.2. The first-order chi connectivity index (χ1) is 4.70. The van der Waals surface area contributed by atoms with Crippen LogP contribution in [0.4, 0.5) is 10.1 Å². The smallest absolute Gasteiger partial charge is 0.123 e. The SMILES string of the molecule is CN(N)c1ccc(F)cc1.Cl. The maximum Gasteiger partial charge on any atom is 0.123 e. The number of anilines is 1. The zero-order valence-corrected chi connectivity index (χ0v) is 6.94. The van der Waals surface area contributed by atoms with Crippen LogP contribution in [0.15, 0.2) is 24.3 Å². The zero-order valence-electron chi connectivity index (χ0n) is 6.12. The lowest BCUT2D eigenvalue weighted by atomic mass is 10.3. The molecule has 0 aliphatic heterocycles. The highest BCUT2D eigenvalue weighted by atomic mass is 35.5. The Balaban J connectivity index is 0.000001000. The normalized spacial score (nSPS) is 8.64. The summed E-state index contributed by atoms with van der Waals surface area (Å²) in [5.41, 5.74) is 0.793. The second-order valence-electron chi connectivity index (χ2n) is 2.09. The molecule has 4 heteroatoms. The van der Waals surface area contributed by atoms with E-state index in [9.17, 15) is 4.39 Å². The lowest BCUT2D eigenvalue weighted by Gasteiger charge is -2.10. The minimum absolute atomic E-state index is 0. The quantitative estimate of drug-likeness (QED) is 0.520. The molecule has 2 nitrogen and oxygen atoms in total. The molecule has 0 saturated carbocycles. The van der Waals surface area contributed by atoms with Crippen molar-refractivity contribution < 1.29 is 4.39 Å². The average molecular weight is 177 g/mol. The van der Waals surface area contributed by atoms with Gasteiger partial charge in [-0.3, -0.25) is 0 Å². The molecule has 1 aromatic rings. The van der Waals surface area contributed by atoms with Crippen molar-refractivity contribution in [3.05, 3.63) is 30.1 Å². The number of rotatable bonds is 1. The van der Waals surface area contributed by atoms with Crippen LogP contribution < -0.4 is 10.9 Å². The van der Waals surface area contributed by atoms with E-state index < -0.39 is 0 Å². The summed E-state index contributed by atoms with van der Waals surface area (Å²) >= 11 is 0. The summed E-state index contributed by atoms with van der Waals surface area (Å²) in [5, 5.41) is 1.43. The molecule has 0 aromatic heterocycles. The van der Waals surface area contributed by atoms with Gasteiger partial charge in [-0.05, 0) is 24.3 Å². The van der Waals surface area contributed by atoms with Crippen LogP contribution >= 0.6 is 12.4 Å². The molecule has 1 rings (SSSR count). The zero-order chi connectivity index (χ0) is 7.56. The standard InChI is InChI=1S/C7H9FN2.ClH/c1-10(9)7-4-2-6(8)3-5-7;/h2-5H,9H2,1H3;1H. The number of nitrogens with two attached hydrogens (primary N) is 1. The number of hydrogen-bond donors (Lipinski definition) is 1. The summed E-state index contributed by atoms with van der Waals surface area (Å²) < 4.78 is 12.3. The predicted molar refractivity (Wildman–Crippen MR) is 46.2 cm³/mol. The fraction of sp³-hybridized carbons (Fsp3) is 0.143.